The number of fused-ring (bicyclic) bond motifs is 1. The quantitative estimate of drug-likeness (QED) is 0.808. The molecule has 0 fully saturated rings. The van der Waals surface area contributed by atoms with Crippen molar-refractivity contribution in [1.29, 1.82) is 0 Å². The van der Waals surface area contributed by atoms with Crippen LogP contribution in [-0.2, 0) is 4.79 Å². The fourth-order valence-corrected chi connectivity index (χ4v) is 2.47. The van der Waals surface area contributed by atoms with E-state index in [0.29, 0.717) is 6.42 Å². The number of aliphatic carboxylic acids is 1. The van der Waals surface area contributed by atoms with Gasteiger partial charge in [0.1, 0.15) is 6.04 Å². The highest BCUT2D eigenvalue weighted by atomic mass is 16.4. The van der Waals surface area contributed by atoms with E-state index in [-0.39, 0.29) is 5.54 Å². The predicted molar refractivity (Wildman–Crippen MR) is 69.7 cm³/mol. The molecule has 1 aliphatic heterocycles. The van der Waals surface area contributed by atoms with E-state index < -0.39 is 12.0 Å². The minimum atomic E-state index is -0.972. The number of carbonyl (C=O) groups is 1. The van der Waals surface area contributed by atoms with Crippen LogP contribution in [0.3, 0.4) is 0 Å². The summed E-state index contributed by atoms with van der Waals surface area (Å²) in [7, 11) is 0. The Hall–Kier alpha value is -1.68. The highest BCUT2D eigenvalue weighted by Gasteiger charge is 2.30. The van der Waals surface area contributed by atoms with Crippen LogP contribution in [0.5, 0.6) is 0 Å². The molecule has 1 aliphatic rings. The lowest BCUT2D eigenvalue weighted by atomic mass is 9.89. The zero-order chi connectivity index (χ0) is 13.5. The number of carboxylic acids is 1. The Morgan fingerprint density at radius 3 is 2.78 bits per heavy atom. The Kier molecular flexibility index (Phi) is 2.99. The van der Waals surface area contributed by atoms with Gasteiger partial charge in [-0.15, -0.1) is 0 Å². The number of hydrogen-bond acceptors (Lipinski definition) is 3. The van der Waals surface area contributed by atoms with Gasteiger partial charge in [0.25, 0.3) is 0 Å². The molecule has 0 amide bonds. The van der Waals surface area contributed by atoms with Gasteiger partial charge >= 0.3 is 5.97 Å². The molecule has 96 valence electrons. The van der Waals surface area contributed by atoms with Gasteiger partial charge in [0.15, 0.2) is 0 Å². The molecule has 0 saturated heterocycles. The third-order valence-electron chi connectivity index (χ3n) is 3.43. The van der Waals surface area contributed by atoms with Crippen LogP contribution in [0.1, 0.15) is 25.8 Å². The molecule has 1 atom stereocenters. The topological polar surface area (TPSA) is 75.7 Å². The lowest BCUT2D eigenvalue weighted by molar-refractivity contribution is -0.138. The second-order valence-electron chi connectivity index (χ2n) is 5.27. The van der Waals surface area contributed by atoms with E-state index >= 15 is 0 Å². The molecule has 0 radical (unpaired) electrons. The molecule has 0 aliphatic carbocycles. The van der Waals surface area contributed by atoms with Crippen molar-refractivity contribution in [3.8, 4) is 0 Å². The molecule has 0 aromatic heterocycles. The summed E-state index contributed by atoms with van der Waals surface area (Å²) in [5.74, 6) is -0.972. The molecule has 4 heteroatoms. The van der Waals surface area contributed by atoms with Crippen LogP contribution in [-0.4, -0.2) is 22.7 Å². The Morgan fingerprint density at radius 1 is 1.50 bits per heavy atom. The van der Waals surface area contributed by atoms with E-state index in [1.165, 1.54) is 0 Å². The van der Waals surface area contributed by atoms with E-state index in [4.69, 9.17) is 10.8 Å². The molecule has 1 aromatic carbocycles. The number of hydrogen-bond donors (Lipinski definition) is 2. The van der Waals surface area contributed by atoms with Crippen molar-refractivity contribution < 1.29 is 9.90 Å². The zero-order valence-electron chi connectivity index (χ0n) is 10.9. The molecule has 4 nitrogen and oxygen atoms in total. The van der Waals surface area contributed by atoms with Gasteiger partial charge in [0, 0.05) is 5.22 Å². The molecule has 3 N–H and O–H groups in total. The highest BCUT2D eigenvalue weighted by Crippen LogP contribution is 2.26. The number of nitrogens with zero attached hydrogens (tertiary/aromatic N) is 1. The molecule has 18 heavy (non-hydrogen) atoms. The number of benzene rings is 1. The monoisotopic (exact) mass is 246 g/mol. The summed E-state index contributed by atoms with van der Waals surface area (Å²) in [5.41, 5.74) is 7.43. The van der Waals surface area contributed by atoms with Crippen molar-refractivity contribution >= 4 is 11.5 Å². The summed E-state index contributed by atoms with van der Waals surface area (Å²) in [6.07, 6.45) is 0.337. The first kappa shape index (κ1) is 12.8. The van der Waals surface area contributed by atoms with Crippen LogP contribution < -0.4 is 16.3 Å². The average molecular weight is 246 g/mol. The Balaban J connectivity index is 2.62. The van der Waals surface area contributed by atoms with Gasteiger partial charge in [-0.3, -0.25) is 9.79 Å². The number of rotatable bonds is 3. The fraction of sp³-hybridized carbons (Fsp3) is 0.429. The fourth-order valence-electron chi connectivity index (χ4n) is 2.47. The maximum Gasteiger partial charge on any atom is 0.320 e. The summed E-state index contributed by atoms with van der Waals surface area (Å²) in [4.78, 5) is 15.6. The van der Waals surface area contributed by atoms with E-state index in [9.17, 15) is 4.79 Å². The third-order valence-corrected chi connectivity index (χ3v) is 3.43. The summed E-state index contributed by atoms with van der Waals surface area (Å²) in [5, 5.41) is 11.0. The molecule has 1 heterocycles. The van der Waals surface area contributed by atoms with E-state index in [1.54, 1.807) is 0 Å². The summed E-state index contributed by atoms with van der Waals surface area (Å²) < 4.78 is 0. The summed E-state index contributed by atoms with van der Waals surface area (Å²) in [6.45, 7) is 6.01. The molecule has 0 saturated carbocycles. The summed E-state index contributed by atoms with van der Waals surface area (Å²) >= 11 is 0. The molecular formula is C14H18N2O2. The lowest BCUT2D eigenvalue weighted by Gasteiger charge is -2.21. The largest absolute Gasteiger partial charge is 0.480 e. The SMILES string of the molecule is Cc1cccc2c1=C(CC(N)C(=O)O)C(C)(C)N=2. The maximum atomic E-state index is 10.9. The Bertz CT molecular complexity index is 617. The van der Waals surface area contributed by atoms with Crippen molar-refractivity contribution in [3.63, 3.8) is 0 Å². The number of aryl methyl sites for hydroxylation is 1. The van der Waals surface area contributed by atoms with Gasteiger partial charge in [0.2, 0.25) is 0 Å². The molecule has 2 rings (SSSR count). The molecule has 1 unspecified atom stereocenters. The van der Waals surface area contributed by atoms with Crippen LogP contribution >= 0.6 is 0 Å². The first-order valence-corrected chi connectivity index (χ1v) is 6.00. The second-order valence-corrected chi connectivity index (χ2v) is 5.27. The van der Waals surface area contributed by atoms with Crippen molar-refractivity contribution in [2.45, 2.75) is 38.8 Å². The van der Waals surface area contributed by atoms with E-state index in [2.05, 4.69) is 4.99 Å². The van der Waals surface area contributed by atoms with Crippen molar-refractivity contribution in [2.24, 2.45) is 10.7 Å². The normalized spacial score (nSPS) is 18.1. The molecular weight excluding hydrogens is 228 g/mol. The summed E-state index contributed by atoms with van der Waals surface area (Å²) in [6, 6.07) is 5.07. The average Bonchev–Trinajstić information content (AvgIpc) is 2.51. The van der Waals surface area contributed by atoms with Crippen molar-refractivity contribution in [2.75, 3.05) is 0 Å². The minimum Gasteiger partial charge on any atom is -0.480 e. The van der Waals surface area contributed by atoms with Crippen LogP contribution in [0.15, 0.2) is 23.2 Å². The molecule has 0 spiro atoms. The van der Waals surface area contributed by atoms with E-state index in [1.807, 2.05) is 39.0 Å². The van der Waals surface area contributed by atoms with E-state index in [0.717, 1.165) is 21.7 Å². The Labute approximate surface area is 106 Å². The van der Waals surface area contributed by atoms with Gasteiger partial charge in [-0.05, 0) is 44.4 Å². The first-order chi connectivity index (χ1) is 8.33. The molecule has 0 bridgehead atoms. The Morgan fingerprint density at radius 2 is 2.17 bits per heavy atom. The van der Waals surface area contributed by atoms with Gasteiger partial charge in [-0.1, -0.05) is 12.1 Å². The standard InChI is InChI=1S/C14H18N2O2/c1-8-5-4-6-11-12(8)9(14(2,3)16-11)7-10(15)13(17)18/h4-6,10H,7,15H2,1-3H3,(H,17,18). The maximum absolute atomic E-state index is 10.9. The van der Waals surface area contributed by atoms with Crippen LogP contribution in [0.25, 0.3) is 5.57 Å². The number of nitrogens with two attached hydrogens (primary N) is 1. The van der Waals surface area contributed by atoms with Crippen LogP contribution in [0.4, 0.5) is 0 Å². The van der Waals surface area contributed by atoms with Gasteiger partial charge in [-0.25, -0.2) is 0 Å². The predicted octanol–water partition coefficient (Wildman–Crippen LogP) is 0.360. The van der Waals surface area contributed by atoms with Crippen LogP contribution in [0, 0.1) is 6.92 Å². The van der Waals surface area contributed by atoms with Gasteiger partial charge in [0.05, 0.1) is 10.9 Å². The first-order valence-electron chi connectivity index (χ1n) is 6.00. The van der Waals surface area contributed by atoms with Gasteiger partial charge < -0.3 is 10.8 Å². The number of carboxylic acid groups (broad SMARTS) is 1. The zero-order valence-corrected chi connectivity index (χ0v) is 10.9. The minimum absolute atomic E-state index is 0.337. The smallest absolute Gasteiger partial charge is 0.320 e. The van der Waals surface area contributed by atoms with Gasteiger partial charge in [-0.2, -0.15) is 0 Å². The third kappa shape index (κ3) is 2.04. The second kappa shape index (κ2) is 4.21. The molecule has 1 aromatic rings. The highest BCUT2D eigenvalue weighted by molar-refractivity contribution is 5.76. The lowest BCUT2D eigenvalue weighted by Crippen LogP contribution is -2.35. The van der Waals surface area contributed by atoms with Crippen LogP contribution in [0.2, 0.25) is 0 Å². The van der Waals surface area contributed by atoms with Crippen molar-refractivity contribution in [1.82, 2.24) is 0 Å². The van der Waals surface area contributed by atoms with Crippen molar-refractivity contribution in [3.05, 3.63) is 34.3 Å².